The molecule has 1 amide bonds. The molecule has 118 valence electrons. The Morgan fingerprint density at radius 1 is 1.43 bits per heavy atom. The Morgan fingerprint density at radius 2 is 2.10 bits per heavy atom. The number of carbonyl (C=O) groups is 1. The Hall–Kier alpha value is -1.12. The lowest BCUT2D eigenvalue weighted by Crippen LogP contribution is -2.35. The van der Waals surface area contributed by atoms with E-state index >= 15 is 0 Å². The average molecular weight is 378 g/mol. The van der Waals surface area contributed by atoms with E-state index in [4.69, 9.17) is 5.73 Å². The summed E-state index contributed by atoms with van der Waals surface area (Å²) in [6.45, 7) is 3.88. The molecule has 0 saturated heterocycles. The molecule has 6 nitrogen and oxygen atoms in total. The molecule has 0 aliphatic heterocycles. The number of nitrogens with two attached hydrogens (primary N) is 1. The van der Waals surface area contributed by atoms with Gasteiger partial charge in [-0.25, -0.2) is 13.1 Å². The molecule has 0 aliphatic rings. The van der Waals surface area contributed by atoms with E-state index in [0.717, 1.165) is 6.42 Å². The third-order valence-electron chi connectivity index (χ3n) is 2.93. The highest BCUT2D eigenvalue weighted by Gasteiger charge is 2.17. The van der Waals surface area contributed by atoms with Crippen molar-refractivity contribution in [2.45, 2.75) is 37.6 Å². The van der Waals surface area contributed by atoms with Crippen molar-refractivity contribution in [1.29, 1.82) is 0 Å². The third-order valence-corrected chi connectivity index (χ3v) is 4.95. The number of hydrogen-bond donors (Lipinski definition) is 3. The average Bonchev–Trinajstić information content (AvgIpc) is 2.37. The minimum Gasteiger partial charge on any atom is -0.398 e. The largest absolute Gasteiger partial charge is 0.398 e. The second-order valence-corrected chi connectivity index (χ2v) is 7.36. The van der Waals surface area contributed by atoms with Crippen LogP contribution in [0.15, 0.2) is 27.6 Å². The number of hydrogen-bond acceptors (Lipinski definition) is 4. The number of halogens is 1. The maximum atomic E-state index is 12.1. The fourth-order valence-corrected chi connectivity index (χ4v) is 3.11. The highest BCUT2D eigenvalue weighted by atomic mass is 79.9. The van der Waals surface area contributed by atoms with Crippen molar-refractivity contribution in [2.75, 3.05) is 12.3 Å². The second-order valence-electron chi connectivity index (χ2n) is 4.71. The Balaban J connectivity index is 2.60. The van der Waals surface area contributed by atoms with Crippen LogP contribution in [0.3, 0.4) is 0 Å². The van der Waals surface area contributed by atoms with Gasteiger partial charge in [0.05, 0.1) is 5.69 Å². The third kappa shape index (κ3) is 5.64. The monoisotopic (exact) mass is 377 g/mol. The minimum absolute atomic E-state index is 0.00744. The van der Waals surface area contributed by atoms with Gasteiger partial charge in [0.25, 0.3) is 0 Å². The van der Waals surface area contributed by atoms with Gasteiger partial charge in [0.1, 0.15) is 4.90 Å². The summed E-state index contributed by atoms with van der Waals surface area (Å²) < 4.78 is 27.2. The first-order valence-electron chi connectivity index (χ1n) is 6.60. The summed E-state index contributed by atoms with van der Waals surface area (Å²) in [6, 6.07) is 4.61. The quantitative estimate of drug-likeness (QED) is 0.628. The van der Waals surface area contributed by atoms with Crippen LogP contribution in [0.5, 0.6) is 0 Å². The Kier molecular flexibility index (Phi) is 6.63. The van der Waals surface area contributed by atoms with Crippen molar-refractivity contribution in [3.63, 3.8) is 0 Å². The van der Waals surface area contributed by atoms with Crippen molar-refractivity contribution in [3.8, 4) is 0 Å². The molecule has 1 unspecified atom stereocenters. The van der Waals surface area contributed by atoms with Crippen LogP contribution in [0.2, 0.25) is 0 Å². The smallest absolute Gasteiger partial charge is 0.242 e. The molecule has 0 radical (unpaired) electrons. The predicted molar refractivity (Wildman–Crippen MR) is 86.3 cm³/mol. The van der Waals surface area contributed by atoms with Gasteiger partial charge in [0.15, 0.2) is 0 Å². The Morgan fingerprint density at radius 3 is 2.67 bits per heavy atom. The zero-order valence-electron chi connectivity index (χ0n) is 12.0. The molecule has 0 saturated carbocycles. The zero-order chi connectivity index (χ0) is 16.0. The van der Waals surface area contributed by atoms with E-state index in [9.17, 15) is 13.2 Å². The number of rotatable bonds is 7. The first kappa shape index (κ1) is 17.9. The van der Waals surface area contributed by atoms with Crippen molar-refractivity contribution in [3.05, 3.63) is 22.7 Å². The van der Waals surface area contributed by atoms with Crippen molar-refractivity contribution >= 4 is 37.5 Å². The molecule has 8 heteroatoms. The van der Waals surface area contributed by atoms with Crippen LogP contribution in [-0.2, 0) is 14.8 Å². The lowest BCUT2D eigenvalue weighted by molar-refractivity contribution is -0.121. The summed E-state index contributed by atoms with van der Waals surface area (Å²) in [6.07, 6.45) is 0.910. The van der Waals surface area contributed by atoms with Crippen molar-refractivity contribution in [2.24, 2.45) is 0 Å². The number of benzene rings is 1. The number of carbonyl (C=O) groups excluding carboxylic acids is 1. The van der Waals surface area contributed by atoms with Crippen molar-refractivity contribution < 1.29 is 13.2 Å². The van der Waals surface area contributed by atoms with E-state index < -0.39 is 10.0 Å². The van der Waals surface area contributed by atoms with Crippen LogP contribution in [0.4, 0.5) is 5.69 Å². The molecule has 1 atom stereocenters. The summed E-state index contributed by atoms with van der Waals surface area (Å²) in [5.41, 5.74) is 5.85. The SMILES string of the molecule is CCC(C)NC(=O)CCNS(=O)(=O)c1ccc(Br)cc1N. The zero-order valence-corrected chi connectivity index (χ0v) is 14.4. The lowest BCUT2D eigenvalue weighted by Gasteiger charge is -2.12. The van der Waals surface area contributed by atoms with Crippen LogP contribution >= 0.6 is 15.9 Å². The molecule has 21 heavy (non-hydrogen) atoms. The van der Waals surface area contributed by atoms with Crippen LogP contribution in [0.1, 0.15) is 26.7 Å². The van der Waals surface area contributed by atoms with Gasteiger partial charge in [-0.2, -0.15) is 0 Å². The molecular weight excluding hydrogens is 358 g/mol. The summed E-state index contributed by atoms with van der Waals surface area (Å²) in [7, 11) is -3.71. The molecule has 0 fully saturated rings. The first-order valence-corrected chi connectivity index (χ1v) is 8.88. The molecule has 0 aliphatic carbocycles. The Labute approximate surface area is 133 Å². The van der Waals surface area contributed by atoms with E-state index in [1.807, 2.05) is 13.8 Å². The summed E-state index contributed by atoms with van der Waals surface area (Å²) in [4.78, 5) is 11.6. The molecule has 0 heterocycles. The van der Waals surface area contributed by atoms with Crippen LogP contribution in [0, 0.1) is 0 Å². The maximum absolute atomic E-state index is 12.1. The molecule has 0 aromatic heterocycles. The molecule has 1 aromatic carbocycles. The van der Waals surface area contributed by atoms with Gasteiger partial charge in [0.2, 0.25) is 15.9 Å². The van der Waals surface area contributed by atoms with Crippen LogP contribution in [-0.4, -0.2) is 26.9 Å². The highest BCUT2D eigenvalue weighted by molar-refractivity contribution is 9.10. The van der Waals surface area contributed by atoms with Gasteiger partial charge in [-0.3, -0.25) is 4.79 Å². The fourth-order valence-electron chi connectivity index (χ4n) is 1.59. The minimum atomic E-state index is -3.71. The molecular formula is C13H20BrN3O3S. The maximum Gasteiger partial charge on any atom is 0.242 e. The number of nitrogens with one attached hydrogen (secondary N) is 2. The van der Waals surface area contributed by atoms with Gasteiger partial charge in [-0.1, -0.05) is 22.9 Å². The molecule has 0 spiro atoms. The molecule has 0 bridgehead atoms. The van der Waals surface area contributed by atoms with Crippen molar-refractivity contribution in [1.82, 2.24) is 10.0 Å². The molecule has 1 rings (SSSR count). The fraction of sp³-hybridized carbons (Fsp3) is 0.462. The number of anilines is 1. The number of sulfonamides is 1. The van der Waals surface area contributed by atoms with Gasteiger partial charge in [-0.05, 0) is 31.5 Å². The van der Waals surface area contributed by atoms with Gasteiger partial charge >= 0.3 is 0 Å². The first-order chi connectivity index (χ1) is 9.76. The second kappa shape index (κ2) is 7.77. The molecule has 4 N–H and O–H groups in total. The highest BCUT2D eigenvalue weighted by Crippen LogP contribution is 2.22. The standard InChI is InChI=1S/C13H20BrN3O3S/c1-3-9(2)17-13(18)6-7-16-21(19,20)12-5-4-10(14)8-11(12)15/h4-5,8-9,16H,3,6-7,15H2,1-2H3,(H,17,18). The van der Waals surface area contributed by atoms with E-state index in [1.165, 1.54) is 12.1 Å². The van der Waals surface area contributed by atoms with E-state index in [1.54, 1.807) is 6.07 Å². The summed E-state index contributed by atoms with van der Waals surface area (Å²) >= 11 is 3.22. The Bertz CT molecular complexity index is 605. The lowest BCUT2D eigenvalue weighted by atomic mass is 10.2. The number of nitrogen functional groups attached to an aromatic ring is 1. The van der Waals surface area contributed by atoms with Crippen LogP contribution in [0.25, 0.3) is 0 Å². The van der Waals surface area contributed by atoms with Gasteiger partial charge in [-0.15, -0.1) is 0 Å². The topological polar surface area (TPSA) is 101 Å². The summed E-state index contributed by atoms with van der Waals surface area (Å²) in [5, 5.41) is 2.77. The van der Waals surface area contributed by atoms with E-state index in [2.05, 4.69) is 26.0 Å². The molecule has 1 aromatic rings. The van der Waals surface area contributed by atoms with Crippen LogP contribution < -0.4 is 15.8 Å². The summed E-state index contributed by atoms with van der Waals surface area (Å²) in [5.74, 6) is -0.184. The predicted octanol–water partition coefficient (Wildman–Crippen LogP) is 1.61. The van der Waals surface area contributed by atoms with Gasteiger partial charge in [0, 0.05) is 23.5 Å². The van der Waals surface area contributed by atoms with E-state index in [0.29, 0.717) is 4.47 Å². The normalized spacial score (nSPS) is 12.9. The van der Waals surface area contributed by atoms with Gasteiger partial charge < -0.3 is 11.1 Å². The number of amides is 1. The van der Waals surface area contributed by atoms with E-state index in [-0.39, 0.29) is 35.5 Å².